The van der Waals surface area contributed by atoms with Crippen molar-refractivity contribution >= 4 is 0 Å². The van der Waals surface area contributed by atoms with E-state index in [9.17, 15) is 0 Å². The van der Waals surface area contributed by atoms with Crippen molar-refractivity contribution in [3.8, 4) is 0 Å². The average Bonchev–Trinajstić information content (AvgIpc) is 2.82. The van der Waals surface area contributed by atoms with Crippen LogP contribution < -0.4 is 0 Å². The molecule has 2 atom stereocenters. The summed E-state index contributed by atoms with van der Waals surface area (Å²) in [6, 6.07) is 0.376. The van der Waals surface area contributed by atoms with Crippen LogP contribution in [0.3, 0.4) is 0 Å². The maximum absolute atomic E-state index is 5.78. The van der Waals surface area contributed by atoms with Crippen molar-refractivity contribution < 1.29 is 4.74 Å². The Labute approximate surface area is 82.6 Å². The molecule has 5 nitrogen and oxygen atoms in total. The van der Waals surface area contributed by atoms with Gasteiger partial charge in [0.1, 0.15) is 0 Å². The van der Waals surface area contributed by atoms with E-state index in [1.807, 2.05) is 4.68 Å². The lowest BCUT2D eigenvalue weighted by molar-refractivity contribution is -0.00497. The summed E-state index contributed by atoms with van der Waals surface area (Å²) in [5.41, 5.74) is 1.10. The number of likely N-dealkylation sites (tertiary alicyclic amines) is 1. The third-order valence-electron chi connectivity index (χ3n) is 3.17. The van der Waals surface area contributed by atoms with Gasteiger partial charge in [-0.2, -0.15) is 0 Å². The second kappa shape index (κ2) is 3.03. The Kier molecular flexibility index (Phi) is 1.81. The highest BCUT2D eigenvalue weighted by molar-refractivity contribution is 5.02. The summed E-state index contributed by atoms with van der Waals surface area (Å²) in [6.45, 7) is 5.99. The molecule has 1 aromatic rings. The van der Waals surface area contributed by atoms with Gasteiger partial charge in [0.2, 0.25) is 0 Å². The van der Waals surface area contributed by atoms with Gasteiger partial charge in [-0.1, -0.05) is 12.1 Å². The molecule has 0 amide bonds. The zero-order valence-electron chi connectivity index (χ0n) is 8.26. The summed E-state index contributed by atoms with van der Waals surface area (Å²) in [7, 11) is 0. The van der Waals surface area contributed by atoms with Crippen LogP contribution in [-0.4, -0.2) is 45.6 Å². The topological polar surface area (TPSA) is 43.2 Å². The monoisotopic (exact) mass is 194 g/mol. The third kappa shape index (κ3) is 1.09. The molecule has 14 heavy (non-hydrogen) atoms. The van der Waals surface area contributed by atoms with Crippen molar-refractivity contribution in [2.24, 2.45) is 0 Å². The maximum Gasteiger partial charge on any atom is 0.0944 e. The van der Waals surface area contributed by atoms with Crippen LogP contribution in [0.5, 0.6) is 0 Å². The van der Waals surface area contributed by atoms with Crippen LogP contribution >= 0.6 is 0 Å². The SMILES string of the molecule is CCN1C[C@@H]2OCc3cnnn3[C@H]2C1. The van der Waals surface area contributed by atoms with Gasteiger partial charge < -0.3 is 4.74 Å². The quantitative estimate of drug-likeness (QED) is 0.633. The van der Waals surface area contributed by atoms with E-state index in [2.05, 4.69) is 22.1 Å². The van der Waals surface area contributed by atoms with Gasteiger partial charge in [0.15, 0.2) is 0 Å². The summed E-state index contributed by atoms with van der Waals surface area (Å²) in [5, 5.41) is 8.06. The predicted octanol–water partition coefficient (Wildman–Crippen LogP) is 0.0535. The zero-order chi connectivity index (χ0) is 9.54. The molecule has 0 N–H and O–H groups in total. The van der Waals surface area contributed by atoms with E-state index in [1.54, 1.807) is 6.20 Å². The van der Waals surface area contributed by atoms with E-state index >= 15 is 0 Å². The fraction of sp³-hybridized carbons (Fsp3) is 0.778. The highest BCUT2D eigenvalue weighted by atomic mass is 16.5. The van der Waals surface area contributed by atoms with E-state index in [4.69, 9.17) is 4.74 Å². The van der Waals surface area contributed by atoms with Crippen molar-refractivity contribution in [1.82, 2.24) is 19.9 Å². The van der Waals surface area contributed by atoms with Crippen LogP contribution in [0.2, 0.25) is 0 Å². The van der Waals surface area contributed by atoms with E-state index in [0.29, 0.717) is 18.8 Å². The summed E-state index contributed by atoms with van der Waals surface area (Å²) in [5.74, 6) is 0. The molecular formula is C9H14N4O. The largest absolute Gasteiger partial charge is 0.368 e. The normalized spacial score (nSPS) is 31.5. The molecule has 76 valence electrons. The van der Waals surface area contributed by atoms with Crippen molar-refractivity contribution in [3.05, 3.63) is 11.9 Å². The average molecular weight is 194 g/mol. The molecule has 0 bridgehead atoms. The number of hydrogen-bond donors (Lipinski definition) is 0. The van der Waals surface area contributed by atoms with Gasteiger partial charge in [0.05, 0.1) is 30.6 Å². The zero-order valence-corrected chi connectivity index (χ0v) is 8.26. The first kappa shape index (κ1) is 8.38. The Morgan fingerprint density at radius 2 is 2.50 bits per heavy atom. The van der Waals surface area contributed by atoms with Crippen molar-refractivity contribution in [2.45, 2.75) is 25.7 Å². The van der Waals surface area contributed by atoms with Crippen LogP contribution in [0.1, 0.15) is 18.7 Å². The smallest absolute Gasteiger partial charge is 0.0944 e. The summed E-state index contributed by atoms with van der Waals surface area (Å²) in [4.78, 5) is 2.39. The van der Waals surface area contributed by atoms with Gasteiger partial charge in [0.25, 0.3) is 0 Å². The fourth-order valence-electron chi connectivity index (χ4n) is 2.33. The van der Waals surface area contributed by atoms with Crippen LogP contribution in [0.4, 0.5) is 0 Å². The molecule has 1 saturated heterocycles. The Morgan fingerprint density at radius 3 is 3.36 bits per heavy atom. The minimum atomic E-state index is 0.309. The molecular weight excluding hydrogens is 180 g/mol. The number of ether oxygens (including phenoxy) is 1. The van der Waals surface area contributed by atoms with Gasteiger partial charge in [-0.15, -0.1) is 5.10 Å². The highest BCUT2D eigenvalue weighted by Crippen LogP contribution is 2.29. The lowest BCUT2D eigenvalue weighted by Crippen LogP contribution is -2.32. The first-order chi connectivity index (χ1) is 6.88. The molecule has 3 rings (SSSR count). The van der Waals surface area contributed by atoms with Gasteiger partial charge in [-0.3, -0.25) is 4.90 Å². The number of nitrogens with zero attached hydrogens (tertiary/aromatic N) is 4. The van der Waals surface area contributed by atoms with E-state index in [0.717, 1.165) is 25.3 Å². The summed E-state index contributed by atoms with van der Waals surface area (Å²) in [6.07, 6.45) is 2.11. The molecule has 5 heteroatoms. The minimum Gasteiger partial charge on any atom is -0.368 e. The first-order valence-electron chi connectivity index (χ1n) is 5.11. The van der Waals surface area contributed by atoms with Crippen LogP contribution in [0.25, 0.3) is 0 Å². The minimum absolute atomic E-state index is 0.309. The Hall–Kier alpha value is -0.940. The molecule has 1 fully saturated rings. The Balaban J connectivity index is 1.91. The van der Waals surface area contributed by atoms with Crippen molar-refractivity contribution in [3.63, 3.8) is 0 Å². The van der Waals surface area contributed by atoms with E-state index in [1.165, 1.54) is 0 Å². The number of likely N-dealkylation sites (N-methyl/N-ethyl adjacent to an activating group) is 1. The first-order valence-corrected chi connectivity index (χ1v) is 5.11. The number of aromatic nitrogens is 3. The van der Waals surface area contributed by atoms with Gasteiger partial charge in [-0.25, -0.2) is 4.68 Å². The Morgan fingerprint density at radius 1 is 1.57 bits per heavy atom. The fourth-order valence-corrected chi connectivity index (χ4v) is 2.33. The van der Waals surface area contributed by atoms with Gasteiger partial charge in [-0.05, 0) is 6.54 Å². The molecule has 0 spiro atoms. The summed E-state index contributed by atoms with van der Waals surface area (Å²) < 4.78 is 7.81. The van der Waals surface area contributed by atoms with Gasteiger partial charge in [0, 0.05) is 13.1 Å². The second-order valence-corrected chi connectivity index (χ2v) is 3.94. The van der Waals surface area contributed by atoms with Crippen molar-refractivity contribution in [2.75, 3.05) is 19.6 Å². The molecule has 0 aromatic carbocycles. The van der Waals surface area contributed by atoms with Crippen LogP contribution in [0, 0.1) is 0 Å². The van der Waals surface area contributed by atoms with Gasteiger partial charge >= 0.3 is 0 Å². The molecule has 0 saturated carbocycles. The Bertz CT molecular complexity index is 337. The molecule has 1 aromatic heterocycles. The highest BCUT2D eigenvalue weighted by Gasteiger charge is 2.38. The number of hydrogen-bond acceptors (Lipinski definition) is 4. The third-order valence-corrected chi connectivity index (χ3v) is 3.17. The standard InChI is InChI=1S/C9H14N4O/c1-2-12-4-8-9(5-12)14-6-7-3-10-11-13(7)8/h3,8-9H,2,4-6H2,1H3/t8-,9-/m0/s1. The lowest BCUT2D eigenvalue weighted by atomic mass is 10.2. The molecule has 3 heterocycles. The van der Waals surface area contributed by atoms with Crippen LogP contribution in [0.15, 0.2) is 6.20 Å². The molecule has 0 unspecified atom stereocenters. The predicted molar refractivity (Wildman–Crippen MR) is 49.8 cm³/mol. The number of fused-ring (bicyclic) bond motifs is 3. The molecule has 0 radical (unpaired) electrons. The second-order valence-electron chi connectivity index (χ2n) is 3.94. The molecule has 2 aliphatic heterocycles. The summed E-state index contributed by atoms with van der Waals surface area (Å²) >= 11 is 0. The molecule has 2 aliphatic rings. The van der Waals surface area contributed by atoms with E-state index < -0.39 is 0 Å². The lowest BCUT2D eigenvalue weighted by Gasteiger charge is -2.25. The number of rotatable bonds is 1. The van der Waals surface area contributed by atoms with Crippen LogP contribution in [-0.2, 0) is 11.3 Å². The van der Waals surface area contributed by atoms with Crippen molar-refractivity contribution in [1.29, 1.82) is 0 Å². The molecule has 0 aliphatic carbocycles. The maximum atomic E-state index is 5.78. The van der Waals surface area contributed by atoms with E-state index in [-0.39, 0.29) is 0 Å².